The van der Waals surface area contributed by atoms with E-state index >= 15 is 0 Å². The standard InChI is InChI=1S/C18H16N6O2/c25-17(12-2-3-12)23-16-8-13(4-6-20-16)18(26)22-14-9-15(11-19-10-14)24-7-1-5-21-24/h1,4-12H,2-3H2,(H,22,26)(H,20,23,25). The first-order valence-electron chi connectivity index (χ1n) is 8.22. The lowest BCUT2D eigenvalue weighted by Crippen LogP contribution is -2.16. The Bertz CT molecular complexity index is 950. The van der Waals surface area contributed by atoms with Gasteiger partial charge in [0, 0.05) is 30.1 Å². The summed E-state index contributed by atoms with van der Waals surface area (Å²) in [6.07, 6.45) is 9.98. The minimum absolute atomic E-state index is 0.0498. The Morgan fingerprint density at radius 3 is 2.77 bits per heavy atom. The van der Waals surface area contributed by atoms with Gasteiger partial charge >= 0.3 is 0 Å². The maximum Gasteiger partial charge on any atom is 0.255 e. The van der Waals surface area contributed by atoms with E-state index in [0.717, 1.165) is 18.5 Å². The van der Waals surface area contributed by atoms with Crippen molar-refractivity contribution >= 4 is 23.3 Å². The van der Waals surface area contributed by atoms with Gasteiger partial charge in [-0.2, -0.15) is 5.10 Å². The van der Waals surface area contributed by atoms with Gasteiger partial charge in [0.15, 0.2) is 0 Å². The number of nitrogens with one attached hydrogen (secondary N) is 2. The fourth-order valence-corrected chi connectivity index (χ4v) is 2.46. The van der Waals surface area contributed by atoms with Crippen LogP contribution in [-0.4, -0.2) is 31.6 Å². The minimum atomic E-state index is -0.311. The number of carbonyl (C=O) groups is 2. The van der Waals surface area contributed by atoms with Crippen molar-refractivity contribution in [1.29, 1.82) is 0 Å². The highest BCUT2D eigenvalue weighted by Gasteiger charge is 2.29. The van der Waals surface area contributed by atoms with Crippen LogP contribution in [0.3, 0.4) is 0 Å². The summed E-state index contributed by atoms with van der Waals surface area (Å²) < 4.78 is 1.65. The molecule has 1 fully saturated rings. The Kier molecular flexibility index (Phi) is 4.14. The van der Waals surface area contributed by atoms with Gasteiger partial charge in [-0.05, 0) is 37.1 Å². The molecule has 0 saturated heterocycles. The van der Waals surface area contributed by atoms with E-state index in [1.807, 2.05) is 0 Å². The predicted molar refractivity (Wildman–Crippen MR) is 94.9 cm³/mol. The molecule has 8 heteroatoms. The van der Waals surface area contributed by atoms with E-state index in [0.29, 0.717) is 17.1 Å². The van der Waals surface area contributed by atoms with Crippen molar-refractivity contribution < 1.29 is 9.59 Å². The molecule has 3 aromatic rings. The molecule has 0 bridgehead atoms. The molecule has 0 atom stereocenters. The van der Waals surface area contributed by atoms with Crippen molar-refractivity contribution in [3.63, 3.8) is 0 Å². The highest BCUT2D eigenvalue weighted by Crippen LogP contribution is 2.30. The Balaban J connectivity index is 1.48. The molecule has 0 aromatic carbocycles. The van der Waals surface area contributed by atoms with Crippen LogP contribution >= 0.6 is 0 Å². The summed E-state index contributed by atoms with van der Waals surface area (Å²) in [6.45, 7) is 0. The second-order valence-electron chi connectivity index (χ2n) is 6.03. The maximum absolute atomic E-state index is 12.5. The molecule has 1 aliphatic rings. The van der Waals surface area contributed by atoms with Gasteiger partial charge in [-0.1, -0.05) is 0 Å². The third kappa shape index (κ3) is 3.59. The molecule has 0 radical (unpaired) electrons. The van der Waals surface area contributed by atoms with Gasteiger partial charge in [-0.25, -0.2) is 9.67 Å². The highest BCUT2D eigenvalue weighted by molar-refractivity contribution is 6.05. The summed E-state index contributed by atoms with van der Waals surface area (Å²) in [5.74, 6) is 0.0864. The lowest BCUT2D eigenvalue weighted by atomic mass is 10.2. The van der Waals surface area contributed by atoms with Crippen LogP contribution in [0.15, 0.2) is 55.2 Å². The number of rotatable bonds is 5. The molecular formula is C18H16N6O2. The fourth-order valence-electron chi connectivity index (χ4n) is 2.46. The molecule has 1 saturated carbocycles. The fraction of sp³-hybridized carbons (Fsp3) is 0.167. The largest absolute Gasteiger partial charge is 0.321 e. The second-order valence-corrected chi connectivity index (χ2v) is 6.03. The van der Waals surface area contributed by atoms with Crippen molar-refractivity contribution in [2.45, 2.75) is 12.8 Å². The molecule has 2 amide bonds. The van der Waals surface area contributed by atoms with Crippen molar-refractivity contribution in [3.8, 4) is 5.69 Å². The van der Waals surface area contributed by atoms with Crippen LogP contribution in [-0.2, 0) is 4.79 Å². The Hall–Kier alpha value is -3.55. The van der Waals surface area contributed by atoms with Crippen molar-refractivity contribution in [2.75, 3.05) is 10.6 Å². The number of hydrogen-bond acceptors (Lipinski definition) is 5. The number of pyridine rings is 2. The molecule has 130 valence electrons. The summed E-state index contributed by atoms with van der Waals surface area (Å²) in [5.41, 5.74) is 1.68. The van der Waals surface area contributed by atoms with Crippen LogP contribution in [0.25, 0.3) is 5.69 Å². The smallest absolute Gasteiger partial charge is 0.255 e. The first kappa shape index (κ1) is 15.9. The Morgan fingerprint density at radius 1 is 1.12 bits per heavy atom. The van der Waals surface area contributed by atoms with E-state index < -0.39 is 0 Å². The first-order valence-corrected chi connectivity index (χ1v) is 8.22. The average molecular weight is 348 g/mol. The van der Waals surface area contributed by atoms with Crippen molar-refractivity contribution in [2.24, 2.45) is 5.92 Å². The van der Waals surface area contributed by atoms with Crippen LogP contribution < -0.4 is 10.6 Å². The molecule has 26 heavy (non-hydrogen) atoms. The van der Waals surface area contributed by atoms with Crippen LogP contribution in [0, 0.1) is 5.92 Å². The minimum Gasteiger partial charge on any atom is -0.321 e. The number of carbonyl (C=O) groups excluding carboxylic acids is 2. The van der Waals surface area contributed by atoms with Gasteiger partial charge in [0.2, 0.25) is 5.91 Å². The Labute approximate surface area is 149 Å². The highest BCUT2D eigenvalue weighted by atomic mass is 16.2. The summed E-state index contributed by atoms with van der Waals surface area (Å²) in [4.78, 5) is 32.5. The third-order valence-electron chi connectivity index (χ3n) is 3.97. The number of amides is 2. The van der Waals surface area contributed by atoms with E-state index in [-0.39, 0.29) is 17.7 Å². The van der Waals surface area contributed by atoms with Gasteiger partial charge in [0.1, 0.15) is 5.82 Å². The predicted octanol–water partition coefficient (Wildman–Crippen LogP) is 2.26. The zero-order chi connectivity index (χ0) is 17.9. The first-order chi connectivity index (χ1) is 12.7. The summed E-state index contributed by atoms with van der Waals surface area (Å²) in [7, 11) is 0. The molecule has 3 aromatic heterocycles. The van der Waals surface area contributed by atoms with E-state index in [9.17, 15) is 9.59 Å². The zero-order valence-corrected chi connectivity index (χ0v) is 13.8. The van der Waals surface area contributed by atoms with E-state index in [4.69, 9.17) is 0 Å². The molecule has 1 aliphatic carbocycles. The van der Waals surface area contributed by atoms with Gasteiger partial charge in [0.25, 0.3) is 5.91 Å². The van der Waals surface area contributed by atoms with Crippen molar-refractivity contribution in [1.82, 2.24) is 19.7 Å². The number of aromatic nitrogens is 4. The topological polar surface area (TPSA) is 102 Å². The number of hydrogen-bond donors (Lipinski definition) is 2. The maximum atomic E-state index is 12.5. The molecule has 0 spiro atoms. The van der Waals surface area contributed by atoms with E-state index in [1.54, 1.807) is 53.7 Å². The van der Waals surface area contributed by atoms with Gasteiger partial charge < -0.3 is 10.6 Å². The van der Waals surface area contributed by atoms with Crippen LogP contribution in [0.1, 0.15) is 23.2 Å². The zero-order valence-electron chi connectivity index (χ0n) is 13.8. The normalized spacial score (nSPS) is 13.2. The molecule has 2 N–H and O–H groups in total. The Morgan fingerprint density at radius 2 is 2.00 bits per heavy atom. The third-order valence-corrected chi connectivity index (χ3v) is 3.97. The van der Waals surface area contributed by atoms with Crippen LogP contribution in [0.5, 0.6) is 0 Å². The van der Waals surface area contributed by atoms with Gasteiger partial charge in [0.05, 0.1) is 23.8 Å². The number of anilines is 2. The van der Waals surface area contributed by atoms with Gasteiger partial charge in [-0.15, -0.1) is 0 Å². The molecule has 8 nitrogen and oxygen atoms in total. The second kappa shape index (κ2) is 6.75. The molecule has 0 unspecified atom stereocenters. The number of nitrogens with zero attached hydrogens (tertiary/aromatic N) is 4. The lowest BCUT2D eigenvalue weighted by molar-refractivity contribution is -0.117. The molecule has 3 heterocycles. The van der Waals surface area contributed by atoms with E-state index in [2.05, 4.69) is 25.7 Å². The lowest BCUT2D eigenvalue weighted by Gasteiger charge is -2.08. The van der Waals surface area contributed by atoms with Crippen molar-refractivity contribution in [3.05, 3.63) is 60.8 Å². The van der Waals surface area contributed by atoms with Crippen LogP contribution in [0.2, 0.25) is 0 Å². The summed E-state index contributed by atoms with van der Waals surface area (Å²) in [5, 5.41) is 9.67. The van der Waals surface area contributed by atoms with E-state index in [1.165, 1.54) is 6.20 Å². The molecule has 4 rings (SSSR count). The SMILES string of the molecule is O=C(Nc1cncc(-n2cccn2)c1)c1ccnc(NC(=O)C2CC2)c1. The monoisotopic (exact) mass is 348 g/mol. The quantitative estimate of drug-likeness (QED) is 0.736. The molecular weight excluding hydrogens is 332 g/mol. The average Bonchev–Trinajstić information content (AvgIpc) is 3.37. The van der Waals surface area contributed by atoms with Crippen LogP contribution in [0.4, 0.5) is 11.5 Å². The summed E-state index contributed by atoms with van der Waals surface area (Å²) >= 11 is 0. The molecule has 0 aliphatic heterocycles. The van der Waals surface area contributed by atoms with Gasteiger partial charge in [-0.3, -0.25) is 14.6 Å². The summed E-state index contributed by atoms with van der Waals surface area (Å²) in [6, 6.07) is 6.72.